The van der Waals surface area contributed by atoms with Crippen molar-refractivity contribution < 1.29 is 78.8 Å². The van der Waals surface area contributed by atoms with Gasteiger partial charge in [-0.15, -0.1) is 0 Å². The van der Waals surface area contributed by atoms with Gasteiger partial charge in [-0.25, -0.2) is 0 Å². The molecule has 6 nitrogen and oxygen atoms in total. The molecule has 0 radical (unpaired) electrons. The fourth-order valence-electron chi connectivity index (χ4n) is 0.870. The van der Waals surface area contributed by atoms with E-state index in [4.69, 9.17) is 10.1 Å². The predicted octanol–water partition coefficient (Wildman–Crippen LogP) is -9.90. The molecule has 1 aromatic carbocycles. The van der Waals surface area contributed by atoms with Crippen LogP contribution < -0.4 is 54.4 Å². The number of nitro benzene ring substituents is 1. The van der Waals surface area contributed by atoms with E-state index >= 15 is 0 Å². The molecule has 0 amide bonds. The van der Waals surface area contributed by atoms with Crippen LogP contribution in [0, 0.1) is 15.5 Å². The van der Waals surface area contributed by atoms with Crippen molar-refractivity contribution in [2.45, 2.75) is 0 Å². The van der Waals surface area contributed by atoms with Gasteiger partial charge in [-0.3, -0.25) is 10.1 Å². The molecule has 0 saturated heterocycles. The molecule has 0 aliphatic carbocycles. The molecule has 0 spiro atoms. The molecule has 0 bridgehead atoms. The summed E-state index contributed by atoms with van der Waals surface area (Å²) in [5.74, 6) is 0.285. The number of ether oxygens (including phenoxy) is 1. The van der Waals surface area contributed by atoms with E-state index < -0.39 is 4.92 Å². The molecule has 18 heavy (non-hydrogen) atoms. The Morgan fingerprint density at radius 1 is 1.28 bits per heavy atom. The number of methoxy groups -OCH3 is 1. The first-order valence-electron chi connectivity index (χ1n) is 3.36. The summed E-state index contributed by atoms with van der Waals surface area (Å²) in [5.41, 5.74) is -0.106. The number of nitrogens with zero attached hydrogens (tertiary/aromatic N) is 3. The fourth-order valence-corrected chi connectivity index (χ4v) is 0.870. The summed E-state index contributed by atoms with van der Waals surface area (Å²) in [6.07, 6.45) is 0. The van der Waals surface area contributed by atoms with Crippen LogP contribution in [-0.2, 0) is 19.5 Å². The van der Waals surface area contributed by atoms with Gasteiger partial charge < -0.3 is 54.4 Å². The third-order valence-corrected chi connectivity index (χ3v) is 1.48. The summed E-state index contributed by atoms with van der Waals surface area (Å²) in [4.78, 5) is 12.6. The van der Waals surface area contributed by atoms with E-state index in [0.717, 1.165) is 6.07 Å². The van der Waals surface area contributed by atoms with Crippen LogP contribution >= 0.6 is 0 Å². The van der Waals surface area contributed by atoms with Crippen LogP contribution in [0.3, 0.4) is 0 Å². The Labute approximate surface area is 141 Å². The molecule has 0 N–H and O–H groups in total. The first-order valence-corrected chi connectivity index (χ1v) is 3.36. The van der Waals surface area contributed by atoms with Crippen LogP contribution in [0.1, 0.15) is 0 Å². The number of non-ortho nitro benzene ring substituents is 1. The molecular weight excluding hydrogens is 381 g/mol. The minimum absolute atomic E-state index is 0. The zero-order chi connectivity index (χ0) is 9.84. The monoisotopic (exact) mass is 384 g/mol. The normalized spacial score (nSPS) is 6.44. The molecule has 0 saturated carbocycles. The molecule has 0 aromatic heterocycles. The van der Waals surface area contributed by atoms with Gasteiger partial charge in [0.1, 0.15) is 6.07 Å². The summed E-state index contributed by atoms with van der Waals surface area (Å²) in [6.45, 7) is 0. The summed E-state index contributed by atoms with van der Waals surface area (Å²) < 4.78 is 4.79. The van der Waals surface area contributed by atoms with Gasteiger partial charge >= 0.3 is 25.2 Å². The molecule has 0 atom stereocenters. The van der Waals surface area contributed by atoms with Crippen molar-refractivity contribution in [1.29, 1.82) is 5.39 Å². The molecule has 1 aromatic rings. The van der Waals surface area contributed by atoms with E-state index in [-0.39, 0.29) is 86.2 Å². The Hall–Kier alpha value is -0.377. The fraction of sp³-hybridized carbons (Fsp3) is 0.143. The third kappa shape index (κ3) is 7.86. The number of halogens is 4. The van der Waals surface area contributed by atoms with Gasteiger partial charge in [-0.2, -0.15) is 0 Å². The molecule has 0 unspecified atom stereocenters. The maximum absolute atomic E-state index is 10.3. The van der Waals surface area contributed by atoms with Crippen molar-refractivity contribution in [3.63, 3.8) is 0 Å². The zero-order valence-electron chi connectivity index (χ0n) is 9.02. The molecule has 0 aliphatic heterocycles. The van der Waals surface area contributed by atoms with Crippen LogP contribution in [0.5, 0.6) is 5.75 Å². The van der Waals surface area contributed by atoms with Gasteiger partial charge in [0.25, 0.3) is 5.69 Å². The maximum atomic E-state index is 10.3. The molecule has 98 valence electrons. The Kier molecular flexibility index (Phi) is 24.9. The van der Waals surface area contributed by atoms with Crippen LogP contribution in [0.25, 0.3) is 4.98 Å². The first-order chi connectivity index (χ1) is 6.19. The second-order valence-electron chi connectivity index (χ2n) is 2.21. The van der Waals surface area contributed by atoms with Crippen LogP contribution in [0.4, 0.5) is 11.4 Å². The average Bonchev–Trinajstić information content (AvgIpc) is 2.16. The third-order valence-electron chi connectivity index (χ3n) is 1.48. The number of rotatable bonds is 2. The largest absolute Gasteiger partial charge is 2.00 e. The molecule has 0 heterocycles. The van der Waals surface area contributed by atoms with E-state index in [9.17, 15) is 10.1 Å². The number of nitro groups is 1. The number of hydrogen-bond acceptors (Lipinski definition) is 4. The van der Waals surface area contributed by atoms with Gasteiger partial charge in [0.15, 0.2) is 4.98 Å². The SMILES string of the molecule is COc1ccc([N+](=O)[O-])cc1[N+]#N.[Cl-].[Cl-].[Cl-].[Cl-].[Zn+2]. The minimum atomic E-state index is -0.575. The molecule has 0 fully saturated rings. The summed E-state index contributed by atoms with van der Waals surface area (Å²) >= 11 is 0. The van der Waals surface area contributed by atoms with Gasteiger partial charge in [-0.1, -0.05) is 0 Å². The number of diazo groups is 1. The van der Waals surface area contributed by atoms with E-state index in [0.29, 0.717) is 0 Å². The van der Waals surface area contributed by atoms with Gasteiger partial charge in [0.05, 0.1) is 12.0 Å². The van der Waals surface area contributed by atoms with E-state index in [1.165, 1.54) is 19.2 Å². The van der Waals surface area contributed by atoms with Crippen molar-refractivity contribution in [2.75, 3.05) is 7.11 Å². The van der Waals surface area contributed by atoms with E-state index in [1.54, 1.807) is 0 Å². The smallest absolute Gasteiger partial charge is 1.00 e. The maximum Gasteiger partial charge on any atom is 2.00 e. The van der Waals surface area contributed by atoms with Gasteiger partial charge in [0.2, 0.25) is 11.1 Å². The second-order valence-corrected chi connectivity index (χ2v) is 2.21. The predicted molar refractivity (Wildman–Crippen MR) is 44.4 cm³/mol. The summed E-state index contributed by atoms with van der Waals surface area (Å²) in [5, 5.41) is 18.8. The molecule has 11 heteroatoms. The minimum Gasteiger partial charge on any atom is -1.00 e. The van der Waals surface area contributed by atoms with Crippen molar-refractivity contribution in [1.82, 2.24) is 0 Å². The summed E-state index contributed by atoms with van der Waals surface area (Å²) in [7, 11) is 1.38. The average molecular weight is 387 g/mol. The second kappa shape index (κ2) is 14.7. The summed E-state index contributed by atoms with van der Waals surface area (Å²) in [6, 6.07) is 3.76. The number of hydrogen-bond donors (Lipinski definition) is 0. The van der Waals surface area contributed by atoms with Crippen LogP contribution in [0.15, 0.2) is 18.2 Å². The topological polar surface area (TPSA) is 80.5 Å². The Balaban J connectivity index is -0.000000113. The van der Waals surface area contributed by atoms with Crippen molar-refractivity contribution in [3.8, 4) is 5.75 Å². The Morgan fingerprint density at radius 2 is 1.78 bits per heavy atom. The first kappa shape index (κ1) is 30.6. The van der Waals surface area contributed by atoms with Crippen molar-refractivity contribution >= 4 is 11.4 Å². The standard InChI is InChI=1S/C7H6N3O3.4ClH.Zn/c1-13-7-3-2-5(10(11)12)4-6(7)9-8;;;;;/h2-4H,1H3;4*1H;/q+1;;;;;+2/p-4. The molecule has 1 rings (SSSR count). The Bertz CT molecular complexity index is 402. The van der Waals surface area contributed by atoms with Crippen molar-refractivity contribution in [2.24, 2.45) is 0 Å². The molecular formula is C7H6Cl4N3O3Zn-. The van der Waals surface area contributed by atoms with Crippen molar-refractivity contribution in [3.05, 3.63) is 33.3 Å². The van der Waals surface area contributed by atoms with E-state index in [2.05, 4.69) is 4.98 Å². The Morgan fingerprint density at radius 3 is 2.11 bits per heavy atom. The van der Waals surface area contributed by atoms with Crippen LogP contribution in [0.2, 0.25) is 0 Å². The van der Waals surface area contributed by atoms with Gasteiger partial charge in [0, 0.05) is 6.07 Å². The molecule has 0 aliphatic rings. The van der Waals surface area contributed by atoms with Crippen LogP contribution in [-0.4, -0.2) is 12.0 Å². The quantitative estimate of drug-likeness (QED) is 0.219. The van der Waals surface area contributed by atoms with Gasteiger partial charge in [-0.05, 0) is 6.07 Å². The van der Waals surface area contributed by atoms with E-state index in [1.807, 2.05) is 0 Å². The number of benzene rings is 1. The zero-order valence-corrected chi connectivity index (χ0v) is 15.0.